The molecule has 30 heavy (non-hydrogen) atoms. The van der Waals surface area contributed by atoms with Gasteiger partial charge in [0.25, 0.3) is 0 Å². The Balaban J connectivity index is 2.03. The van der Waals surface area contributed by atoms with Crippen LogP contribution in [0.4, 0.5) is 4.79 Å². The van der Waals surface area contributed by atoms with E-state index in [1.54, 1.807) is 0 Å². The molecule has 0 bridgehead atoms. The Labute approximate surface area is 179 Å². The Morgan fingerprint density at radius 1 is 1.10 bits per heavy atom. The summed E-state index contributed by atoms with van der Waals surface area (Å²) in [6, 6.07) is 3.78. The number of aromatic hydroxyl groups is 2. The molecule has 1 aromatic carbocycles. The van der Waals surface area contributed by atoms with E-state index in [0.717, 1.165) is 25.7 Å². The number of fused-ring (bicyclic) bond motifs is 1. The maximum atomic E-state index is 13.8. The molecule has 2 aliphatic rings. The minimum Gasteiger partial charge on any atom is -0.508 e. The molecule has 6 heteroatoms. The van der Waals surface area contributed by atoms with E-state index in [0.29, 0.717) is 12.1 Å². The van der Waals surface area contributed by atoms with Crippen LogP contribution in [0.1, 0.15) is 70.7 Å². The van der Waals surface area contributed by atoms with E-state index in [2.05, 4.69) is 31.4 Å². The van der Waals surface area contributed by atoms with Gasteiger partial charge in [0, 0.05) is 30.1 Å². The number of hydrogen-bond acceptors (Lipinski definition) is 4. The minimum absolute atomic E-state index is 0.0633. The van der Waals surface area contributed by atoms with Crippen LogP contribution in [0.25, 0.3) is 0 Å². The van der Waals surface area contributed by atoms with Crippen LogP contribution >= 0.6 is 0 Å². The summed E-state index contributed by atoms with van der Waals surface area (Å²) in [6.07, 6.45) is 3.97. The van der Waals surface area contributed by atoms with Crippen molar-refractivity contribution < 1.29 is 19.8 Å². The molecule has 4 N–H and O–H groups in total. The number of rotatable bonds is 4. The second kappa shape index (κ2) is 8.12. The topological polar surface area (TPSA) is 98.7 Å². The monoisotopic (exact) mass is 416 g/mol. The fourth-order valence-corrected chi connectivity index (χ4v) is 6.45. The van der Waals surface area contributed by atoms with Gasteiger partial charge >= 0.3 is 6.03 Å². The van der Waals surface area contributed by atoms with Crippen LogP contribution in [0.3, 0.4) is 0 Å². The highest BCUT2D eigenvalue weighted by Gasteiger charge is 2.58. The summed E-state index contributed by atoms with van der Waals surface area (Å²) in [5, 5.41) is 25.8. The summed E-state index contributed by atoms with van der Waals surface area (Å²) in [6.45, 7) is 11.2. The van der Waals surface area contributed by atoms with Gasteiger partial charge in [0.15, 0.2) is 5.78 Å². The summed E-state index contributed by atoms with van der Waals surface area (Å²) in [7, 11) is 0. The van der Waals surface area contributed by atoms with Crippen LogP contribution < -0.4 is 10.6 Å². The fraction of sp³-hybridized carbons (Fsp3) is 0.667. The Hall–Kier alpha value is -2.24. The van der Waals surface area contributed by atoms with Gasteiger partial charge in [-0.05, 0) is 61.0 Å². The number of hydrogen-bond donors (Lipinski definition) is 4. The smallest absolute Gasteiger partial charge is 0.315 e. The van der Waals surface area contributed by atoms with E-state index in [-0.39, 0.29) is 57.9 Å². The number of carbonyl (C=O) groups excluding carboxylic acids is 2. The third kappa shape index (κ3) is 4.01. The number of nitrogens with one attached hydrogen (secondary N) is 2. The molecule has 0 radical (unpaired) electrons. The van der Waals surface area contributed by atoms with Crippen LogP contribution in [0.5, 0.6) is 11.5 Å². The summed E-state index contributed by atoms with van der Waals surface area (Å²) in [4.78, 5) is 26.1. The number of amides is 2. The van der Waals surface area contributed by atoms with Gasteiger partial charge in [-0.1, -0.05) is 34.1 Å². The molecular weight excluding hydrogens is 380 g/mol. The van der Waals surface area contributed by atoms with Crippen molar-refractivity contribution >= 4 is 11.8 Å². The third-order valence-electron chi connectivity index (χ3n) is 7.76. The molecule has 166 valence electrons. The highest BCUT2D eigenvalue weighted by molar-refractivity contribution is 5.99. The Morgan fingerprint density at radius 3 is 2.33 bits per heavy atom. The molecule has 3 rings (SSSR count). The van der Waals surface area contributed by atoms with Gasteiger partial charge in [0.1, 0.15) is 11.5 Å². The third-order valence-corrected chi connectivity index (χ3v) is 7.76. The van der Waals surface area contributed by atoms with E-state index < -0.39 is 0 Å². The highest BCUT2D eigenvalue weighted by Crippen LogP contribution is 2.61. The molecule has 2 fully saturated rings. The summed E-state index contributed by atoms with van der Waals surface area (Å²) < 4.78 is 0. The summed E-state index contributed by atoms with van der Waals surface area (Å²) in [5.41, 5.74) is 0.179. The molecule has 1 aromatic rings. The van der Waals surface area contributed by atoms with Crippen molar-refractivity contribution in [3.05, 3.63) is 23.8 Å². The van der Waals surface area contributed by atoms with Crippen molar-refractivity contribution in [2.45, 2.75) is 66.3 Å². The molecule has 0 aliphatic heterocycles. The van der Waals surface area contributed by atoms with E-state index in [4.69, 9.17) is 0 Å². The van der Waals surface area contributed by atoms with E-state index in [9.17, 15) is 19.8 Å². The molecule has 0 saturated heterocycles. The van der Waals surface area contributed by atoms with Gasteiger partial charge in [0.05, 0.1) is 0 Å². The molecule has 6 nitrogen and oxygen atoms in total. The zero-order valence-electron chi connectivity index (χ0n) is 18.8. The fourth-order valence-electron chi connectivity index (χ4n) is 6.45. The van der Waals surface area contributed by atoms with Crippen LogP contribution in [0.15, 0.2) is 18.2 Å². The Morgan fingerprint density at radius 2 is 1.73 bits per heavy atom. The number of carbonyl (C=O) groups is 2. The second-order valence-corrected chi connectivity index (χ2v) is 10.2. The first kappa shape index (κ1) is 22.4. The molecule has 0 heterocycles. The zero-order chi connectivity index (χ0) is 22.3. The van der Waals surface area contributed by atoms with Gasteiger partial charge in [-0.15, -0.1) is 0 Å². The first-order valence-electron chi connectivity index (χ1n) is 11.1. The van der Waals surface area contributed by atoms with Crippen LogP contribution in [0, 0.1) is 28.6 Å². The molecule has 5 unspecified atom stereocenters. The van der Waals surface area contributed by atoms with E-state index in [1.165, 1.54) is 18.2 Å². The molecule has 2 amide bonds. The molecule has 2 saturated carbocycles. The lowest BCUT2D eigenvalue weighted by Crippen LogP contribution is -2.61. The number of benzene rings is 1. The first-order chi connectivity index (χ1) is 14.0. The Bertz CT molecular complexity index is 801. The van der Waals surface area contributed by atoms with Gasteiger partial charge in [-0.3, -0.25) is 4.79 Å². The quantitative estimate of drug-likeness (QED) is 0.545. The van der Waals surface area contributed by atoms with Gasteiger partial charge in [-0.25, -0.2) is 4.79 Å². The predicted octanol–water partition coefficient (Wildman–Crippen LogP) is 4.46. The van der Waals surface area contributed by atoms with Crippen LogP contribution in [-0.4, -0.2) is 34.6 Å². The number of phenols is 2. The van der Waals surface area contributed by atoms with Crippen molar-refractivity contribution in [1.82, 2.24) is 10.6 Å². The van der Waals surface area contributed by atoms with Gasteiger partial charge in [0.2, 0.25) is 0 Å². The summed E-state index contributed by atoms with van der Waals surface area (Å²) >= 11 is 0. The van der Waals surface area contributed by atoms with Gasteiger partial charge < -0.3 is 20.8 Å². The molecule has 2 aliphatic carbocycles. The van der Waals surface area contributed by atoms with Gasteiger partial charge in [-0.2, -0.15) is 0 Å². The molecule has 0 spiro atoms. The normalized spacial score (nSPS) is 32.7. The molecule has 5 atom stereocenters. The van der Waals surface area contributed by atoms with E-state index in [1.807, 2.05) is 13.8 Å². The van der Waals surface area contributed by atoms with Crippen molar-refractivity contribution in [1.29, 1.82) is 0 Å². The molecular formula is C24H36N2O4. The lowest BCUT2D eigenvalue weighted by Gasteiger charge is -2.60. The first-order valence-corrected chi connectivity index (χ1v) is 11.1. The largest absolute Gasteiger partial charge is 0.508 e. The second-order valence-electron chi connectivity index (χ2n) is 10.2. The van der Waals surface area contributed by atoms with Crippen LogP contribution in [0.2, 0.25) is 0 Å². The lowest BCUT2D eigenvalue weighted by molar-refractivity contribution is -0.0898. The minimum atomic E-state index is -0.316. The average molecular weight is 417 g/mol. The standard InChI is InChI=1S/C24H36N2O4/c1-6-25-22(30)26-18-13-19-23(3,4)8-7-9-24(19,5)20(14(18)2)21(29)15-10-16(27)12-17(28)11-15/h10-12,14,18-20,27-28H,6-9,13H2,1-5H3,(H2,25,26,30). The van der Waals surface area contributed by atoms with Crippen LogP contribution in [-0.2, 0) is 0 Å². The Kier molecular flexibility index (Phi) is 6.08. The highest BCUT2D eigenvalue weighted by atomic mass is 16.3. The van der Waals surface area contributed by atoms with Crippen molar-refractivity contribution in [3.63, 3.8) is 0 Å². The SMILES string of the molecule is CCNC(=O)NC1CC2C(C)(C)CCCC2(C)C(C(=O)c2cc(O)cc(O)c2)C1C. The van der Waals surface area contributed by atoms with E-state index >= 15 is 0 Å². The number of phenolic OH excluding ortho intramolecular Hbond substituents is 2. The number of urea groups is 1. The number of Topliss-reactive ketones (excluding diaryl/α,β-unsaturated/α-hetero) is 1. The summed E-state index contributed by atoms with van der Waals surface area (Å²) in [5.74, 6) is -0.416. The number of ketones is 1. The zero-order valence-corrected chi connectivity index (χ0v) is 18.8. The van der Waals surface area contributed by atoms with Crippen molar-refractivity contribution in [2.75, 3.05) is 6.54 Å². The van der Waals surface area contributed by atoms with Crippen molar-refractivity contribution in [3.8, 4) is 11.5 Å². The lowest BCUT2D eigenvalue weighted by atomic mass is 9.45. The average Bonchev–Trinajstić information content (AvgIpc) is 2.62. The molecule has 0 aromatic heterocycles. The maximum absolute atomic E-state index is 13.8. The maximum Gasteiger partial charge on any atom is 0.315 e. The van der Waals surface area contributed by atoms with Crippen molar-refractivity contribution in [2.24, 2.45) is 28.6 Å². The predicted molar refractivity (Wildman–Crippen MR) is 117 cm³/mol.